The summed E-state index contributed by atoms with van der Waals surface area (Å²) in [5, 5.41) is 2.99. The second-order valence-corrected chi connectivity index (χ2v) is 6.39. The van der Waals surface area contributed by atoms with Crippen LogP contribution in [0.2, 0.25) is 0 Å². The second kappa shape index (κ2) is 5.57. The van der Waals surface area contributed by atoms with Crippen LogP contribution in [0, 0.1) is 0 Å². The molecule has 2 heterocycles. The second-order valence-electron chi connectivity index (χ2n) is 3.81. The molecule has 1 fully saturated rings. The molecule has 2 rings (SSSR count). The average molecular weight is 267 g/mol. The van der Waals surface area contributed by atoms with E-state index in [1.807, 2.05) is 11.1 Å². The molecule has 2 aliphatic heterocycles. The number of nitrogens with zero attached hydrogens (tertiary/aromatic N) is 1. The zero-order chi connectivity index (χ0) is 11.5. The first-order valence-electron chi connectivity index (χ1n) is 5.17. The van der Waals surface area contributed by atoms with Crippen molar-refractivity contribution in [3.63, 3.8) is 0 Å². The van der Waals surface area contributed by atoms with Gasteiger partial charge in [0.1, 0.15) is 17.8 Å². The van der Waals surface area contributed by atoms with Gasteiger partial charge >= 0.3 is 0 Å². The molecule has 7 heteroatoms. The molecule has 0 aromatic heterocycles. The van der Waals surface area contributed by atoms with Crippen LogP contribution >= 0.6 is 23.5 Å². The molecule has 0 radical (unpaired) electrons. The number of hydrogen-bond acceptors (Lipinski definition) is 5. The van der Waals surface area contributed by atoms with Crippen LogP contribution in [-0.2, 0) is 0 Å². The van der Waals surface area contributed by atoms with Crippen molar-refractivity contribution in [2.75, 3.05) is 25.4 Å². The maximum atomic E-state index is 12.9. The first-order chi connectivity index (χ1) is 7.65. The number of alkyl halides is 2. The number of halogens is 2. The van der Waals surface area contributed by atoms with Gasteiger partial charge in [0.15, 0.2) is 0 Å². The van der Waals surface area contributed by atoms with Gasteiger partial charge in [-0.15, -0.1) is 11.8 Å². The summed E-state index contributed by atoms with van der Waals surface area (Å²) in [6.07, 6.45) is -0.722. The van der Waals surface area contributed by atoms with Crippen molar-refractivity contribution in [1.29, 1.82) is 0 Å². The van der Waals surface area contributed by atoms with Gasteiger partial charge in [0.05, 0.1) is 4.24 Å². The van der Waals surface area contributed by atoms with Crippen molar-refractivity contribution < 1.29 is 8.78 Å². The number of nitrogens with one attached hydrogen (secondary N) is 1. The van der Waals surface area contributed by atoms with E-state index in [0.717, 1.165) is 16.5 Å². The lowest BCUT2D eigenvalue weighted by Gasteiger charge is -2.13. The molecule has 0 amide bonds. The van der Waals surface area contributed by atoms with Crippen LogP contribution in [0.5, 0.6) is 0 Å². The van der Waals surface area contributed by atoms with Crippen LogP contribution in [0.3, 0.4) is 0 Å². The van der Waals surface area contributed by atoms with Gasteiger partial charge in [0.25, 0.3) is 0 Å². The van der Waals surface area contributed by atoms with E-state index >= 15 is 0 Å². The van der Waals surface area contributed by atoms with Crippen LogP contribution in [-0.4, -0.2) is 48.1 Å². The van der Waals surface area contributed by atoms with Crippen LogP contribution < -0.4 is 11.1 Å². The van der Waals surface area contributed by atoms with Gasteiger partial charge in [0, 0.05) is 31.6 Å². The SMILES string of the molecule is NC1NC=C(SCCN2CC(F)[C@@H](F)C2)S1. The van der Waals surface area contributed by atoms with E-state index in [0.29, 0.717) is 0 Å². The Balaban J connectivity index is 1.62. The fourth-order valence-corrected chi connectivity index (χ4v) is 3.73. The van der Waals surface area contributed by atoms with Gasteiger partial charge in [-0.3, -0.25) is 4.90 Å². The third-order valence-electron chi connectivity index (χ3n) is 2.52. The molecule has 3 atom stereocenters. The predicted octanol–water partition coefficient (Wildman–Crippen LogP) is 1.09. The summed E-state index contributed by atoms with van der Waals surface area (Å²) in [5.74, 6) is 0.840. The van der Waals surface area contributed by atoms with Crippen molar-refractivity contribution in [2.24, 2.45) is 5.73 Å². The fraction of sp³-hybridized carbons (Fsp3) is 0.778. The Morgan fingerprint density at radius 2 is 2.19 bits per heavy atom. The third-order valence-corrected chi connectivity index (χ3v) is 4.69. The van der Waals surface area contributed by atoms with Crippen LogP contribution in [0.4, 0.5) is 8.78 Å². The standard InChI is InChI=1S/C9H15F2N3S2/c10-6-4-14(5-7(6)11)1-2-15-8-3-13-9(12)16-8/h3,6-7,9,13H,1-2,4-5,12H2/t6-,7?,9?/m0/s1. The summed E-state index contributed by atoms with van der Waals surface area (Å²) in [5.41, 5.74) is 5.58. The Morgan fingerprint density at radius 3 is 2.75 bits per heavy atom. The summed E-state index contributed by atoms with van der Waals surface area (Å²) < 4.78 is 26.9. The van der Waals surface area contributed by atoms with Crippen molar-refractivity contribution in [3.05, 3.63) is 10.4 Å². The van der Waals surface area contributed by atoms with Crippen molar-refractivity contribution >= 4 is 23.5 Å². The van der Waals surface area contributed by atoms with Crippen molar-refractivity contribution in [2.45, 2.75) is 17.8 Å². The molecular weight excluding hydrogens is 252 g/mol. The minimum absolute atomic E-state index is 0.0558. The third kappa shape index (κ3) is 3.26. The largest absolute Gasteiger partial charge is 0.366 e. The van der Waals surface area contributed by atoms with E-state index in [2.05, 4.69) is 5.32 Å². The molecule has 3 N–H and O–H groups in total. The zero-order valence-corrected chi connectivity index (χ0v) is 10.4. The summed E-state index contributed by atoms with van der Waals surface area (Å²) in [7, 11) is 0. The molecule has 0 saturated carbocycles. The van der Waals surface area contributed by atoms with Crippen LogP contribution in [0.15, 0.2) is 10.4 Å². The van der Waals surface area contributed by atoms with Gasteiger partial charge in [-0.1, -0.05) is 11.8 Å². The molecule has 2 unspecified atom stereocenters. The first kappa shape index (κ1) is 12.5. The van der Waals surface area contributed by atoms with Crippen LogP contribution in [0.1, 0.15) is 0 Å². The maximum absolute atomic E-state index is 12.9. The highest BCUT2D eigenvalue weighted by Gasteiger charge is 2.32. The van der Waals surface area contributed by atoms with Gasteiger partial charge in [-0.05, 0) is 0 Å². The van der Waals surface area contributed by atoms with E-state index in [1.54, 1.807) is 23.5 Å². The highest BCUT2D eigenvalue weighted by atomic mass is 32.2. The van der Waals surface area contributed by atoms with Crippen molar-refractivity contribution in [1.82, 2.24) is 10.2 Å². The summed E-state index contributed by atoms with van der Waals surface area (Å²) in [6.45, 7) is 1.18. The summed E-state index contributed by atoms with van der Waals surface area (Å²) in [6, 6.07) is 0. The fourth-order valence-electron chi connectivity index (χ4n) is 1.67. The molecule has 0 aromatic rings. The van der Waals surface area contributed by atoms with Gasteiger partial charge < -0.3 is 11.1 Å². The molecule has 0 aliphatic carbocycles. The molecule has 0 spiro atoms. The van der Waals surface area contributed by atoms with E-state index in [4.69, 9.17) is 5.73 Å². The minimum atomic E-state index is -1.31. The Morgan fingerprint density at radius 1 is 1.50 bits per heavy atom. The summed E-state index contributed by atoms with van der Waals surface area (Å²) in [4.78, 5) is 1.83. The lowest BCUT2D eigenvalue weighted by molar-refractivity contribution is 0.217. The molecule has 3 nitrogen and oxygen atoms in total. The van der Waals surface area contributed by atoms with Gasteiger partial charge in [-0.2, -0.15) is 0 Å². The summed E-state index contributed by atoms with van der Waals surface area (Å²) >= 11 is 3.25. The smallest absolute Gasteiger partial charge is 0.145 e. The molecule has 16 heavy (non-hydrogen) atoms. The van der Waals surface area contributed by atoms with Gasteiger partial charge in [0.2, 0.25) is 0 Å². The maximum Gasteiger partial charge on any atom is 0.145 e. The van der Waals surface area contributed by atoms with E-state index in [-0.39, 0.29) is 18.6 Å². The Hall–Kier alpha value is 0.0200. The van der Waals surface area contributed by atoms with Gasteiger partial charge in [-0.25, -0.2) is 8.78 Å². The van der Waals surface area contributed by atoms with E-state index in [1.165, 1.54) is 0 Å². The number of rotatable bonds is 4. The monoisotopic (exact) mass is 267 g/mol. The highest BCUT2D eigenvalue weighted by molar-refractivity contribution is 8.22. The first-order valence-corrected chi connectivity index (χ1v) is 7.03. The van der Waals surface area contributed by atoms with E-state index in [9.17, 15) is 8.78 Å². The van der Waals surface area contributed by atoms with E-state index < -0.39 is 12.3 Å². The highest BCUT2D eigenvalue weighted by Crippen LogP contribution is 2.32. The predicted molar refractivity (Wildman–Crippen MR) is 65.5 cm³/mol. The molecular formula is C9H15F2N3S2. The molecule has 2 aliphatic rings. The molecule has 92 valence electrons. The lowest BCUT2D eigenvalue weighted by atomic mass is 10.3. The minimum Gasteiger partial charge on any atom is -0.366 e. The number of nitrogens with two attached hydrogens (primary N) is 1. The Kier molecular flexibility index (Phi) is 4.34. The lowest BCUT2D eigenvalue weighted by Crippen LogP contribution is -2.25. The number of hydrogen-bond donors (Lipinski definition) is 2. The zero-order valence-electron chi connectivity index (χ0n) is 8.73. The molecule has 1 saturated heterocycles. The Labute approximate surface area is 102 Å². The van der Waals surface area contributed by atoms with Crippen LogP contribution in [0.25, 0.3) is 0 Å². The van der Waals surface area contributed by atoms with Crippen molar-refractivity contribution in [3.8, 4) is 0 Å². The quantitative estimate of drug-likeness (QED) is 0.798. The molecule has 0 bridgehead atoms. The number of likely N-dealkylation sites (tertiary alicyclic amines) is 1. The normalized spacial score (nSPS) is 35.2. The Bertz CT molecular complexity index is 267. The average Bonchev–Trinajstić information content (AvgIpc) is 2.75. The topological polar surface area (TPSA) is 41.3 Å². The molecule has 0 aromatic carbocycles. The number of thioether (sulfide) groups is 2.